The van der Waals surface area contributed by atoms with E-state index in [0.29, 0.717) is 22.9 Å². The molecule has 0 aliphatic rings. The van der Waals surface area contributed by atoms with Crippen LogP contribution in [0.5, 0.6) is 5.75 Å². The van der Waals surface area contributed by atoms with Crippen molar-refractivity contribution in [2.45, 2.75) is 11.5 Å². The number of halogens is 2. The van der Waals surface area contributed by atoms with Gasteiger partial charge in [0.25, 0.3) is 15.9 Å². The van der Waals surface area contributed by atoms with Crippen LogP contribution in [0.25, 0.3) is 10.8 Å². The number of hydrazone groups is 1. The number of benzene rings is 5. The lowest BCUT2D eigenvalue weighted by Crippen LogP contribution is -2.39. The van der Waals surface area contributed by atoms with Crippen LogP contribution >= 0.6 is 23.2 Å². The fourth-order valence-electron chi connectivity index (χ4n) is 4.28. The molecule has 0 saturated carbocycles. The molecular weight excluding hydrogens is 593 g/mol. The molecule has 0 atom stereocenters. The van der Waals surface area contributed by atoms with Gasteiger partial charge in [-0.25, -0.2) is 13.8 Å². The third-order valence-electron chi connectivity index (χ3n) is 6.35. The van der Waals surface area contributed by atoms with Crippen LogP contribution in [0, 0.1) is 0 Å². The number of nitrogens with one attached hydrogen (secondary N) is 1. The van der Waals surface area contributed by atoms with Gasteiger partial charge in [-0.2, -0.15) is 5.10 Å². The molecule has 1 N–H and O–H groups in total. The summed E-state index contributed by atoms with van der Waals surface area (Å²) < 4.78 is 33.8. The molecule has 0 bridgehead atoms. The van der Waals surface area contributed by atoms with Crippen LogP contribution in [-0.2, 0) is 21.4 Å². The minimum absolute atomic E-state index is 0.00933. The van der Waals surface area contributed by atoms with Gasteiger partial charge in [-0.05, 0) is 76.5 Å². The maximum atomic E-state index is 13.4. The molecule has 5 aromatic carbocycles. The summed E-state index contributed by atoms with van der Waals surface area (Å²) in [7, 11) is -4.13. The number of carbonyl (C=O) groups excluding carboxylic acids is 1. The van der Waals surface area contributed by atoms with E-state index in [0.717, 1.165) is 20.6 Å². The number of hydrogen-bond acceptors (Lipinski definition) is 5. The number of ether oxygens (including phenoxy) is 1. The molecule has 0 aliphatic heterocycles. The highest BCUT2D eigenvalue weighted by Gasteiger charge is 2.28. The highest BCUT2D eigenvalue weighted by atomic mass is 35.5. The minimum atomic E-state index is -4.13. The summed E-state index contributed by atoms with van der Waals surface area (Å²) in [6, 6.07) is 33.6. The van der Waals surface area contributed by atoms with Crippen LogP contribution in [0.2, 0.25) is 10.0 Å². The highest BCUT2D eigenvalue weighted by molar-refractivity contribution is 7.92. The van der Waals surface area contributed by atoms with Gasteiger partial charge in [0.2, 0.25) is 0 Å². The number of amides is 1. The number of carbonyl (C=O) groups is 1. The first-order chi connectivity index (χ1) is 20.3. The van der Waals surface area contributed by atoms with E-state index in [1.54, 1.807) is 30.3 Å². The second kappa shape index (κ2) is 13.1. The minimum Gasteiger partial charge on any atom is -0.489 e. The smallest absolute Gasteiger partial charge is 0.264 e. The standard InChI is InChI=1S/C32H25Cl2N3O4S/c33-26-15-18-31(30(34)19-26)37(42(39,40)28-10-2-1-3-11-28)21-32(38)36-35-20-23-13-16-27(17-14-23)41-22-25-9-6-8-24-7-4-5-12-29(24)25/h1-20H,21-22H2,(H,36,38)/b35-20-. The monoisotopic (exact) mass is 617 g/mol. The number of nitrogens with zero attached hydrogens (tertiary/aromatic N) is 2. The largest absolute Gasteiger partial charge is 0.489 e. The first-order valence-corrected chi connectivity index (χ1v) is 15.0. The van der Waals surface area contributed by atoms with Crippen LogP contribution in [-0.4, -0.2) is 27.1 Å². The van der Waals surface area contributed by atoms with Gasteiger partial charge in [0, 0.05) is 5.02 Å². The topological polar surface area (TPSA) is 88.1 Å². The molecule has 5 aromatic rings. The molecule has 0 aliphatic carbocycles. The van der Waals surface area contributed by atoms with Crippen molar-refractivity contribution in [2.75, 3.05) is 10.8 Å². The van der Waals surface area contributed by atoms with E-state index >= 15 is 0 Å². The van der Waals surface area contributed by atoms with Crippen molar-refractivity contribution in [3.05, 3.63) is 136 Å². The second-order valence-corrected chi connectivity index (χ2v) is 11.9. The normalized spacial score (nSPS) is 11.5. The summed E-state index contributed by atoms with van der Waals surface area (Å²) in [6.07, 6.45) is 1.46. The van der Waals surface area contributed by atoms with Gasteiger partial charge >= 0.3 is 0 Å². The molecule has 7 nitrogen and oxygen atoms in total. The summed E-state index contributed by atoms with van der Waals surface area (Å²) in [5.41, 5.74) is 4.30. The molecule has 0 spiro atoms. The van der Waals surface area contributed by atoms with Crippen LogP contribution in [0.15, 0.2) is 125 Å². The highest BCUT2D eigenvalue weighted by Crippen LogP contribution is 2.32. The Morgan fingerprint density at radius 2 is 1.57 bits per heavy atom. The van der Waals surface area contributed by atoms with Crippen molar-refractivity contribution in [1.29, 1.82) is 0 Å². The zero-order valence-electron chi connectivity index (χ0n) is 22.2. The maximum Gasteiger partial charge on any atom is 0.264 e. The fraction of sp³-hybridized carbons (Fsp3) is 0.0625. The van der Waals surface area contributed by atoms with Gasteiger partial charge in [-0.1, -0.05) is 83.9 Å². The summed E-state index contributed by atoms with van der Waals surface area (Å²) in [5.74, 6) is 0.0255. The molecule has 0 fully saturated rings. The molecule has 0 unspecified atom stereocenters. The van der Waals surface area contributed by atoms with Gasteiger partial charge in [-0.3, -0.25) is 9.10 Å². The predicted octanol–water partition coefficient (Wildman–Crippen LogP) is 7.07. The molecule has 42 heavy (non-hydrogen) atoms. The van der Waals surface area contributed by atoms with E-state index in [-0.39, 0.29) is 15.6 Å². The van der Waals surface area contributed by atoms with Crippen molar-refractivity contribution in [3.63, 3.8) is 0 Å². The lowest BCUT2D eigenvalue weighted by atomic mass is 10.1. The molecule has 1 amide bonds. The maximum absolute atomic E-state index is 13.4. The summed E-state index contributed by atoms with van der Waals surface area (Å²) in [4.78, 5) is 12.8. The second-order valence-electron chi connectivity index (χ2n) is 9.21. The molecule has 0 heterocycles. The van der Waals surface area contributed by atoms with Crippen molar-refractivity contribution in [2.24, 2.45) is 5.10 Å². The number of rotatable bonds is 10. The summed E-state index contributed by atoms with van der Waals surface area (Å²) in [6.45, 7) is -0.137. The van der Waals surface area contributed by atoms with E-state index in [2.05, 4.69) is 28.7 Å². The van der Waals surface area contributed by atoms with E-state index in [1.165, 1.54) is 36.5 Å². The number of anilines is 1. The summed E-state index contributed by atoms with van der Waals surface area (Å²) >= 11 is 12.3. The Morgan fingerprint density at radius 3 is 2.33 bits per heavy atom. The Balaban J connectivity index is 1.23. The third-order valence-corrected chi connectivity index (χ3v) is 8.67. The molecule has 5 rings (SSSR count). The molecule has 10 heteroatoms. The fourth-order valence-corrected chi connectivity index (χ4v) is 6.30. The molecule has 212 valence electrons. The van der Waals surface area contributed by atoms with E-state index in [4.69, 9.17) is 27.9 Å². The average molecular weight is 619 g/mol. The molecule has 0 saturated heterocycles. The zero-order valence-corrected chi connectivity index (χ0v) is 24.5. The Hall–Kier alpha value is -4.37. The molecule has 0 radical (unpaired) electrons. The number of hydrogen-bond donors (Lipinski definition) is 1. The van der Waals surface area contributed by atoms with Gasteiger partial charge in [0.1, 0.15) is 18.9 Å². The van der Waals surface area contributed by atoms with Crippen LogP contribution in [0.3, 0.4) is 0 Å². The quantitative estimate of drug-likeness (QED) is 0.134. The molecule has 0 aromatic heterocycles. The van der Waals surface area contributed by atoms with Gasteiger partial charge < -0.3 is 4.74 Å². The summed E-state index contributed by atoms with van der Waals surface area (Å²) in [5, 5.41) is 6.72. The zero-order chi connectivity index (χ0) is 29.5. The van der Waals surface area contributed by atoms with E-state index < -0.39 is 22.5 Å². The number of sulfonamides is 1. The van der Waals surface area contributed by atoms with E-state index in [1.807, 2.05) is 36.4 Å². The van der Waals surface area contributed by atoms with Gasteiger partial charge in [0.15, 0.2) is 0 Å². The van der Waals surface area contributed by atoms with Crippen LogP contribution < -0.4 is 14.5 Å². The van der Waals surface area contributed by atoms with Crippen molar-refractivity contribution in [3.8, 4) is 5.75 Å². The lowest BCUT2D eigenvalue weighted by Gasteiger charge is -2.24. The SMILES string of the molecule is O=C(CN(c1ccc(Cl)cc1Cl)S(=O)(=O)c1ccccc1)N/N=C\c1ccc(OCc2cccc3ccccc23)cc1. The molecular formula is C32H25Cl2N3O4S. The predicted molar refractivity (Wildman–Crippen MR) is 168 cm³/mol. The lowest BCUT2D eigenvalue weighted by molar-refractivity contribution is -0.119. The van der Waals surface area contributed by atoms with Crippen LogP contribution in [0.4, 0.5) is 5.69 Å². The van der Waals surface area contributed by atoms with Crippen LogP contribution in [0.1, 0.15) is 11.1 Å². The number of fused-ring (bicyclic) bond motifs is 1. The first-order valence-electron chi connectivity index (χ1n) is 12.9. The third kappa shape index (κ3) is 6.91. The van der Waals surface area contributed by atoms with Gasteiger partial charge in [0.05, 0.1) is 21.8 Å². The Labute approximate surface area is 254 Å². The Kier molecular flexibility index (Phi) is 9.07. The van der Waals surface area contributed by atoms with Gasteiger partial charge in [-0.15, -0.1) is 0 Å². The van der Waals surface area contributed by atoms with Crippen molar-refractivity contribution < 1.29 is 17.9 Å². The van der Waals surface area contributed by atoms with E-state index in [9.17, 15) is 13.2 Å². The Bertz CT molecular complexity index is 1840. The van der Waals surface area contributed by atoms with Crippen molar-refractivity contribution >= 4 is 61.8 Å². The first kappa shape index (κ1) is 29.1. The Morgan fingerprint density at radius 1 is 0.857 bits per heavy atom. The van der Waals surface area contributed by atoms with Crippen molar-refractivity contribution in [1.82, 2.24) is 5.43 Å². The average Bonchev–Trinajstić information content (AvgIpc) is 3.00.